The van der Waals surface area contributed by atoms with E-state index >= 15 is 0 Å². The normalized spacial score (nSPS) is 23.8. The molecule has 2 heterocycles. The Morgan fingerprint density at radius 3 is 2.38 bits per heavy atom. The summed E-state index contributed by atoms with van der Waals surface area (Å²) in [5.41, 5.74) is -2.00. The highest BCUT2D eigenvalue weighted by Crippen LogP contribution is 2.43. The topological polar surface area (TPSA) is 78.0 Å². The molecule has 37 heavy (non-hydrogen) atoms. The first-order valence-electron chi connectivity index (χ1n) is 10.8. The quantitative estimate of drug-likeness (QED) is 0.439. The molecule has 2 aromatic rings. The standard InChI is InChI=1S/C22H13B5ClF2N3O4/c23-15-16(24)21(25,19(36)33(27)18(15)35)31-9-11-7-10(1-6-14(11)17(31)34)8-32(26)20(37)22(29,30)12-2-4-13(28)5-3-12/h1-7,15-16H,8-9H2. The highest BCUT2D eigenvalue weighted by molar-refractivity contribution is 6.47. The maximum Gasteiger partial charge on any atom is 0.348 e. The average molecular weight is 511 g/mol. The van der Waals surface area contributed by atoms with Crippen molar-refractivity contribution in [2.75, 3.05) is 0 Å². The van der Waals surface area contributed by atoms with Crippen LogP contribution in [0.4, 0.5) is 8.78 Å². The Labute approximate surface area is 222 Å². The van der Waals surface area contributed by atoms with Gasteiger partial charge in [-0.15, -0.1) is 0 Å². The Balaban J connectivity index is 1.55. The number of piperidine rings is 1. The maximum atomic E-state index is 14.7. The van der Waals surface area contributed by atoms with E-state index in [9.17, 15) is 28.0 Å². The van der Waals surface area contributed by atoms with Gasteiger partial charge < -0.3 is 14.5 Å². The summed E-state index contributed by atoms with van der Waals surface area (Å²) in [6, 6.07) is 8.72. The number of rotatable bonds is 5. The molecule has 0 spiro atoms. The van der Waals surface area contributed by atoms with Crippen molar-refractivity contribution in [2.24, 2.45) is 0 Å². The summed E-state index contributed by atoms with van der Waals surface area (Å²) in [6.07, 6.45) is 0. The largest absolute Gasteiger partial charge is 0.387 e. The second-order valence-corrected chi connectivity index (χ2v) is 9.22. The molecule has 4 rings (SSSR count). The van der Waals surface area contributed by atoms with Crippen LogP contribution in [0.3, 0.4) is 0 Å². The Bertz CT molecular complexity index is 1320. The van der Waals surface area contributed by atoms with E-state index in [1.54, 1.807) is 0 Å². The van der Waals surface area contributed by atoms with Gasteiger partial charge in [0.25, 0.3) is 11.8 Å². The number of imide groups is 1. The van der Waals surface area contributed by atoms with E-state index in [1.165, 1.54) is 30.3 Å². The van der Waals surface area contributed by atoms with E-state index < -0.39 is 58.7 Å². The molecule has 3 atom stereocenters. The molecule has 7 nitrogen and oxygen atoms in total. The SMILES string of the molecule is [B]C1C(=O)N([B])C(=O)C([B])(N2Cc3cc(CN([B])C(=O)C(F)(F)c4ccc(Cl)cc4)ccc3C2=O)C1[B]. The summed E-state index contributed by atoms with van der Waals surface area (Å²) >= 11 is 5.72. The first-order valence-corrected chi connectivity index (χ1v) is 11.2. The number of halogens is 3. The molecule has 0 bridgehead atoms. The van der Waals surface area contributed by atoms with Gasteiger partial charge in [0.1, 0.15) is 7.85 Å². The predicted octanol–water partition coefficient (Wildman–Crippen LogP) is 0.731. The third kappa shape index (κ3) is 4.29. The number of benzene rings is 2. The number of alkyl halides is 2. The van der Waals surface area contributed by atoms with Crippen molar-refractivity contribution in [3.8, 4) is 0 Å². The van der Waals surface area contributed by atoms with Crippen LogP contribution in [0.25, 0.3) is 0 Å². The van der Waals surface area contributed by atoms with E-state index in [4.69, 9.17) is 51.1 Å². The Morgan fingerprint density at radius 1 is 1.14 bits per heavy atom. The maximum absolute atomic E-state index is 14.7. The average Bonchev–Trinajstić information content (AvgIpc) is 3.20. The Kier molecular flexibility index (Phi) is 6.86. The number of fused-ring (bicyclic) bond motifs is 1. The summed E-state index contributed by atoms with van der Waals surface area (Å²) in [7, 11) is 29.2. The number of carbonyl (C=O) groups is 4. The van der Waals surface area contributed by atoms with Crippen molar-refractivity contribution in [1.82, 2.24) is 14.5 Å². The lowest BCUT2D eigenvalue weighted by Crippen LogP contribution is -2.68. The molecule has 1 saturated heterocycles. The Morgan fingerprint density at radius 2 is 1.76 bits per heavy atom. The third-order valence-corrected chi connectivity index (χ3v) is 6.74. The monoisotopic (exact) mass is 511 g/mol. The molecule has 2 aromatic carbocycles. The molecule has 1 fully saturated rings. The van der Waals surface area contributed by atoms with Crippen LogP contribution >= 0.6 is 11.6 Å². The number of nitrogens with zero attached hydrogens (tertiary/aromatic N) is 3. The van der Waals surface area contributed by atoms with Gasteiger partial charge in [-0.1, -0.05) is 41.7 Å². The van der Waals surface area contributed by atoms with Crippen molar-refractivity contribution in [3.63, 3.8) is 0 Å². The second kappa shape index (κ2) is 9.38. The summed E-state index contributed by atoms with van der Waals surface area (Å²) in [5.74, 6) is -11.2. The molecule has 2 aliphatic heterocycles. The van der Waals surface area contributed by atoms with Crippen molar-refractivity contribution in [2.45, 2.75) is 36.1 Å². The number of hydrogen-bond acceptors (Lipinski definition) is 4. The number of carbonyl (C=O) groups excluding carboxylic acids is 4. The number of amides is 4. The molecule has 2 aliphatic rings. The minimum atomic E-state index is -3.92. The zero-order valence-electron chi connectivity index (χ0n) is 19.1. The van der Waals surface area contributed by atoms with Gasteiger partial charge in [-0.05, 0) is 35.1 Å². The van der Waals surface area contributed by atoms with Gasteiger partial charge in [0.05, 0.1) is 21.1 Å². The van der Waals surface area contributed by atoms with Crippen molar-refractivity contribution in [3.05, 3.63) is 69.7 Å². The molecule has 0 N–H and O–H groups in total. The molecule has 4 amide bonds. The molecule has 0 aromatic heterocycles. The number of hydrogen-bond donors (Lipinski definition) is 0. The molecule has 0 aliphatic carbocycles. The van der Waals surface area contributed by atoms with Gasteiger partial charge in [-0.25, -0.2) is 0 Å². The summed E-state index contributed by atoms with van der Waals surface area (Å²) in [4.78, 5) is 51.9. The molecule has 176 valence electrons. The van der Waals surface area contributed by atoms with Crippen molar-refractivity contribution < 1.29 is 28.0 Å². The van der Waals surface area contributed by atoms with Gasteiger partial charge in [-0.2, -0.15) is 8.78 Å². The fourth-order valence-electron chi connectivity index (χ4n) is 4.32. The first-order chi connectivity index (χ1) is 17.2. The lowest BCUT2D eigenvalue weighted by atomic mass is 9.48. The molecular formula is C22H13B5ClF2N3O4. The predicted molar refractivity (Wildman–Crippen MR) is 133 cm³/mol. The summed E-state index contributed by atoms with van der Waals surface area (Å²) < 4.78 is 29.4. The van der Waals surface area contributed by atoms with E-state index in [2.05, 4.69) is 0 Å². The van der Waals surface area contributed by atoms with Crippen LogP contribution in [-0.2, 0) is 33.4 Å². The van der Waals surface area contributed by atoms with Gasteiger partial charge in [0.15, 0.2) is 0 Å². The van der Waals surface area contributed by atoms with Gasteiger partial charge in [-0.3, -0.25) is 19.2 Å². The van der Waals surface area contributed by atoms with Crippen LogP contribution in [0.2, 0.25) is 16.7 Å². The van der Waals surface area contributed by atoms with Crippen LogP contribution in [-0.4, -0.2) is 83.1 Å². The van der Waals surface area contributed by atoms with E-state index in [1.807, 2.05) is 0 Å². The lowest BCUT2D eigenvalue weighted by molar-refractivity contribution is -0.154. The van der Waals surface area contributed by atoms with Crippen molar-refractivity contribution in [1.29, 1.82) is 0 Å². The molecule has 15 heteroatoms. The lowest BCUT2D eigenvalue weighted by Gasteiger charge is -2.51. The summed E-state index contributed by atoms with van der Waals surface area (Å²) in [5, 5.41) is 0.223. The summed E-state index contributed by atoms with van der Waals surface area (Å²) in [6.45, 7) is -0.655. The van der Waals surface area contributed by atoms with Gasteiger partial charge in [0, 0.05) is 29.2 Å². The smallest absolute Gasteiger partial charge is 0.348 e. The zero-order chi connectivity index (χ0) is 27.4. The minimum Gasteiger partial charge on any atom is -0.387 e. The van der Waals surface area contributed by atoms with Crippen molar-refractivity contribution >= 4 is 74.7 Å². The van der Waals surface area contributed by atoms with Crippen LogP contribution < -0.4 is 0 Å². The zero-order valence-corrected chi connectivity index (χ0v) is 19.9. The van der Waals surface area contributed by atoms with Gasteiger partial charge >= 0.3 is 5.92 Å². The third-order valence-electron chi connectivity index (χ3n) is 6.49. The second-order valence-electron chi connectivity index (χ2n) is 8.79. The fourth-order valence-corrected chi connectivity index (χ4v) is 4.45. The molecule has 0 saturated carbocycles. The van der Waals surface area contributed by atoms with E-state index in [0.29, 0.717) is 15.9 Å². The van der Waals surface area contributed by atoms with E-state index in [-0.39, 0.29) is 21.9 Å². The highest BCUT2D eigenvalue weighted by Gasteiger charge is 2.55. The Hall–Kier alpha value is -3.01. The molecular weight excluding hydrogens is 498 g/mol. The first kappa shape index (κ1) is 27.0. The minimum absolute atomic E-state index is 0.143. The van der Waals surface area contributed by atoms with Gasteiger partial charge in [0.2, 0.25) is 27.8 Å². The van der Waals surface area contributed by atoms with Crippen LogP contribution in [0.5, 0.6) is 0 Å². The van der Waals surface area contributed by atoms with Crippen LogP contribution in [0.1, 0.15) is 27.0 Å². The molecule has 10 radical (unpaired) electrons. The van der Waals surface area contributed by atoms with Crippen LogP contribution in [0.15, 0.2) is 42.5 Å². The molecule has 3 unspecified atom stereocenters. The highest BCUT2D eigenvalue weighted by atomic mass is 35.5. The van der Waals surface area contributed by atoms with Crippen LogP contribution in [0, 0.1) is 0 Å². The fraction of sp³-hybridized carbons (Fsp3) is 0.273. The van der Waals surface area contributed by atoms with E-state index in [0.717, 1.165) is 17.0 Å².